The van der Waals surface area contributed by atoms with E-state index in [4.69, 9.17) is 0 Å². The number of benzene rings is 1. The Morgan fingerprint density at radius 2 is 1.85 bits per heavy atom. The first-order chi connectivity index (χ1) is 18.6. The van der Waals surface area contributed by atoms with Gasteiger partial charge in [-0.1, -0.05) is 12.1 Å². The van der Waals surface area contributed by atoms with Crippen LogP contribution in [0.15, 0.2) is 48.9 Å². The summed E-state index contributed by atoms with van der Waals surface area (Å²) in [6, 6.07) is 5.49. The van der Waals surface area contributed by atoms with Gasteiger partial charge >= 0.3 is 12.5 Å². The largest absolute Gasteiger partial charge is 0.335 e. The van der Waals surface area contributed by atoms with Gasteiger partial charge in [-0.25, -0.2) is 19.3 Å². The average Bonchev–Trinajstić information content (AvgIpc) is 3.63. The second kappa shape index (κ2) is 10.0. The summed E-state index contributed by atoms with van der Waals surface area (Å²) in [6.45, 7) is 0.873. The van der Waals surface area contributed by atoms with Crippen LogP contribution in [0.5, 0.6) is 0 Å². The molecule has 0 unspecified atom stereocenters. The molecule has 0 spiro atoms. The van der Waals surface area contributed by atoms with Crippen molar-refractivity contribution in [3.05, 3.63) is 71.7 Å². The third-order valence-electron chi connectivity index (χ3n) is 6.38. The number of anilines is 2. The van der Waals surface area contributed by atoms with Gasteiger partial charge in [0.1, 0.15) is 17.3 Å². The third-order valence-corrected chi connectivity index (χ3v) is 6.38. The van der Waals surface area contributed by atoms with Crippen molar-refractivity contribution in [2.45, 2.75) is 38.9 Å². The van der Waals surface area contributed by atoms with Crippen molar-refractivity contribution in [2.75, 3.05) is 5.32 Å². The highest BCUT2D eigenvalue weighted by Crippen LogP contribution is 2.41. The maximum Gasteiger partial charge on any atom is 0.335 e. The molecule has 1 N–H and O–H groups in total. The van der Waals surface area contributed by atoms with Crippen molar-refractivity contribution in [1.29, 1.82) is 0 Å². The summed E-state index contributed by atoms with van der Waals surface area (Å²) >= 11 is 0. The molecule has 6 rings (SSSR count). The molecule has 208 valence electrons. The number of alkyl halides is 4. The first-order valence-corrected chi connectivity index (χ1v) is 11.7. The van der Waals surface area contributed by atoms with Crippen molar-refractivity contribution in [3.8, 4) is 23.0 Å². The lowest BCUT2D eigenvalue weighted by atomic mass is 10.1. The molecule has 5 heterocycles. The van der Waals surface area contributed by atoms with Gasteiger partial charge in [0.2, 0.25) is 17.6 Å². The van der Waals surface area contributed by atoms with Crippen molar-refractivity contribution in [3.63, 3.8) is 0 Å². The normalized spacial score (nSPS) is 14.6. The summed E-state index contributed by atoms with van der Waals surface area (Å²) < 4.78 is 75.0. The minimum absolute atomic E-state index is 0. The quantitative estimate of drug-likeness (QED) is 0.277. The Kier molecular flexibility index (Phi) is 6.81. The Morgan fingerprint density at radius 1 is 1.07 bits per heavy atom. The Hall–Kier alpha value is -4.34. The summed E-state index contributed by atoms with van der Waals surface area (Å²) in [5.74, 6) is -5.08. The van der Waals surface area contributed by atoms with E-state index in [0.717, 1.165) is 12.1 Å². The zero-order chi connectivity index (χ0) is 27.5. The molecule has 0 radical (unpaired) electrons. The summed E-state index contributed by atoms with van der Waals surface area (Å²) in [7, 11) is 0. The molecular weight excluding hydrogens is 555 g/mol. The third kappa shape index (κ3) is 4.37. The highest BCUT2D eigenvalue weighted by Gasteiger charge is 2.45. The van der Waals surface area contributed by atoms with Crippen LogP contribution in [0.2, 0.25) is 0 Å². The van der Waals surface area contributed by atoms with Crippen molar-refractivity contribution in [2.24, 2.45) is 0 Å². The Labute approximate surface area is 230 Å². The van der Waals surface area contributed by atoms with Gasteiger partial charge in [0, 0.05) is 25.0 Å². The number of fused-ring (bicyclic) bond motifs is 3. The van der Waals surface area contributed by atoms with Gasteiger partial charge in [-0.15, -0.1) is 10.2 Å². The summed E-state index contributed by atoms with van der Waals surface area (Å²) in [5, 5.41) is 14.0. The lowest BCUT2D eigenvalue weighted by Crippen LogP contribution is -2.28. The number of rotatable bonds is 6. The molecule has 1 aromatic carbocycles. The predicted molar refractivity (Wildman–Crippen MR) is 138 cm³/mol. The van der Waals surface area contributed by atoms with E-state index in [1.807, 2.05) is 0 Å². The lowest BCUT2D eigenvalue weighted by Gasteiger charge is -2.26. The number of nitrogens with one attached hydrogen (secondary N) is 1. The second-order valence-electron chi connectivity index (χ2n) is 9.01. The number of halogens is 5. The zero-order valence-electron chi connectivity index (χ0n) is 20.9. The molecule has 0 saturated heterocycles. The van der Waals surface area contributed by atoms with Crippen LogP contribution in [0.3, 0.4) is 0 Å². The topological polar surface area (TPSA) is 104 Å². The molecule has 4 aromatic heterocycles. The fraction of sp³-hybridized carbons (Fsp3) is 0.250. The molecule has 0 saturated carbocycles. The van der Waals surface area contributed by atoms with Crippen LogP contribution in [-0.4, -0.2) is 44.1 Å². The van der Waals surface area contributed by atoms with Crippen LogP contribution in [-0.2, 0) is 12.5 Å². The molecule has 16 heteroatoms. The van der Waals surface area contributed by atoms with E-state index < -0.39 is 35.7 Å². The summed E-state index contributed by atoms with van der Waals surface area (Å²) in [6.07, 6.45) is 4.42. The molecule has 0 amide bonds. The highest BCUT2D eigenvalue weighted by molar-refractivity contribution is 7.59. The molecule has 40 heavy (non-hydrogen) atoms. The predicted octanol–water partition coefficient (Wildman–Crippen LogP) is 5.21. The van der Waals surface area contributed by atoms with Gasteiger partial charge in [0.05, 0.1) is 23.5 Å². The molecule has 0 aliphatic carbocycles. The first kappa shape index (κ1) is 27.2. The molecular formula is C24H21F5N10S. The zero-order valence-corrected chi connectivity index (χ0v) is 21.9. The minimum Gasteiger partial charge on any atom is -0.326 e. The molecule has 5 aromatic rings. The average molecular weight is 577 g/mol. The van der Waals surface area contributed by atoms with Gasteiger partial charge < -0.3 is 9.88 Å². The van der Waals surface area contributed by atoms with Gasteiger partial charge in [-0.3, -0.25) is 4.57 Å². The van der Waals surface area contributed by atoms with Crippen LogP contribution in [0.4, 0.5) is 33.7 Å². The number of imidazole rings is 1. The molecule has 1 aliphatic heterocycles. The van der Waals surface area contributed by atoms with Crippen LogP contribution in [0, 0.1) is 12.7 Å². The van der Waals surface area contributed by atoms with Crippen molar-refractivity contribution >= 4 is 25.3 Å². The number of aromatic nitrogens is 9. The minimum atomic E-state index is -3.74. The van der Waals surface area contributed by atoms with Gasteiger partial charge in [-0.2, -0.15) is 40.8 Å². The van der Waals surface area contributed by atoms with Crippen molar-refractivity contribution < 1.29 is 22.0 Å². The Bertz CT molecular complexity index is 1690. The van der Waals surface area contributed by atoms with E-state index >= 15 is 8.78 Å². The lowest BCUT2D eigenvalue weighted by molar-refractivity contribution is 0.0231. The van der Waals surface area contributed by atoms with Gasteiger partial charge in [0.25, 0.3) is 0 Å². The van der Waals surface area contributed by atoms with Gasteiger partial charge in [-0.05, 0) is 31.5 Å². The van der Waals surface area contributed by atoms with E-state index in [9.17, 15) is 13.2 Å². The smallest absolute Gasteiger partial charge is 0.326 e. The Balaban J connectivity index is 0.00000323. The van der Waals surface area contributed by atoms with E-state index in [2.05, 4.69) is 35.6 Å². The van der Waals surface area contributed by atoms with Gasteiger partial charge in [0.15, 0.2) is 5.82 Å². The van der Waals surface area contributed by atoms with Crippen LogP contribution < -0.4 is 5.32 Å². The molecule has 0 bridgehead atoms. The standard InChI is InChI=1S/C24H19F5N10.H2S/c1-12-9-30-23(33-17-7-8-31-39(17)22(26)27)34-18(12)16-11-37-10-13(2)38-20(19(37)32-16)35-36-21(38)24(28,29)14-5-3-4-6-15(14)25;/h3-9,11,13,22H,10H2,1-2H3,(H,30,33,34);1H2/t13-;/m0./s1. The maximum atomic E-state index is 15.5. The molecule has 1 aliphatic rings. The molecule has 10 nitrogen and oxygen atoms in total. The molecule has 1 atom stereocenters. The highest BCUT2D eigenvalue weighted by atomic mass is 32.1. The summed E-state index contributed by atoms with van der Waals surface area (Å²) in [4.78, 5) is 13.2. The van der Waals surface area contributed by atoms with E-state index in [-0.39, 0.29) is 43.5 Å². The van der Waals surface area contributed by atoms with Crippen LogP contribution in [0.1, 0.15) is 36.5 Å². The number of aryl methyl sites for hydroxylation is 1. The van der Waals surface area contributed by atoms with E-state index in [1.165, 1.54) is 35.2 Å². The number of hydrogen-bond acceptors (Lipinski definition) is 7. The fourth-order valence-corrected chi connectivity index (χ4v) is 4.57. The van der Waals surface area contributed by atoms with Crippen LogP contribution >= 0.6 is 13.5 Å². The first-order valence-electron chi connectivity index (χ1n) is 11.7. The van der Waals surface area contributed by atoms with Crippen LogP contribution in [0.25, 0.3) is 23.0 Å². The number of nitrogens with zero attached hydrogens (tertiary/aromatic N) is 9. The van der Waals surface area contributed by atoms with Crippen molar-refractivity contribution in [1.82, 2.24) is 44.1 Å². The Morgan fingerprint density at radius 3 is 2.60 bits per heavy atom. The maximum absolute atomic E-state index is 15.5. The fourth-order valence-electron chi connectivity index (χ4n) is 4.57. The molecule has 0 fully saturated rings. The SMILES string of the molecule is Cc1cnc(Nc2ccnn2C(F)F)nc1-c1cn2c(n1)-c1nnc(C(F)(F)c3ccccc3F)n1[C@@H](C)C2.S. The summed E-state index contributed by atoms with van der Waals surface area (Å²) in [5.41, 5.74) is 0.626. The monoisotopic (exact) mass is 576 g/mol. The van der Waals surface area contributed by atoms with E-state index in [0.29, 0.717) is 21.6 Å². The second-order valence-corrected chi connectivity index (χ2v) is 9.01. The van der Waals surface area contributed by atoms with E-state index in [1.54, 1.807) is 24.6 Å². The number of hydrogen-bond donors (Lipinski definition) is 1.